The highest BCUT2D eigenvalue weighted by molar-refractivity contribution is 7.80. The van der Waals surface area contributed by atoms with Crippen molar-refractivity contribution in [3.63, 3.8) is 0 Å². The van der Waals surface area contributed by atoms with Crippen molar-refractivity contribution in [2.45, 2.75) is 18.9 Å². The van der Waals surface area contributed by atoms with E-state index in [-0.39, 0.29) is 0 Å². The van der Waals surface area contributed by atoms with Crippen LogP contribution in [0.3, 0.4) is 0 Å². The van der Waals surface area contributed by atoms with Gasteiger partial charge in [-0.15, -0.1) is 0 Å². The molecule has 1 saturated carbocycles. The largest absolute Gasteiger partial charge is 0.364 e. The highest BCUT2D eigenvalue weighted by Gasteiger charge is 2.21. The molecule has 0 aromatic carbocycles. The molecule has 22 heavy (non-hydrogen) atoms. The summed E-state index contributed by atoms with van der Waals surface area (Å²) in [4.78, 5) is 13.3. The smallest absolute Gasteiger partial charge is 0.180 e. The van der Waals surface area contributed by atoms with E-state index in [0.717, 1.165) is 5.56 Å². The summed E-state index contributed by atoms with van der Waals surface area (Å²) in [6.07, 6.45) is 7.11. The molecule has 7 nitrogen and oxygen atoms in total. The normalized spacial score (nSPS) is 14.0. The zero-order chi connectivity index (χ0) is 14.9. The molecule has 3 heterocycles. The average molecular weight is 312 g/mol. The predicted molar refractivity (Wildman–Crippen MR) is 85.2 cm³/mol. The average Bonchev–Trinajstić information content (AvgIpc) is 3.16. The van der Waals surface area contributed by atoms with Gasteiger partial charge in [0.2, 0.25) is 0 Å². The SMILES string of the molecule is S=C(Nc1ccc2ncc(-c3cnoc3)nc2n1)NC1CC1. The Hall–Kier alpha value is -2.61. The molecule has 0 radical (unpaired) electrons. The summed E-state index contributed by atoms with van der Waals surface area (Å²) >= 11 is 5.25. The summed E-state index contributed by atoms with van der Waals surface area (Å²) in [6.45, 7) is 0. The summed E-state index contributed by atoms with van der Waals surface area (Å²) in [7, 11) is 0. The molecule has 3 aromatic heterocycles. The molecule has 0 saturated heterocycles. The molecule has 0 aliphatic heterocycles. The number of thiocarbonyl (C=S) groups is 1. The first kappa shape index (κ1) is 13.1. The molecule has 3 aromatic rings. The van der Waals surface area contributed by atoms with E-state index >= 15 is 0 Å². The Bertz CT molecular complexity index is 830. The molecule has 1 aliphatic rings. The molecule has 1 fully saturated rings. The number of hydrogen-bond donors (Lipinski definition) is 2. The van der Waals surface area contributed by atoms with E-state index in [1.807, 2.05) is 12.1 Å². The molecule has 110 valence electrons. The standard InChI is InChI=1S/C14H12N6OS/c22-14(17-9-1-2-9)20-12-4-3-10-13(19-12)18-11(6-15-10)8-5-16-21-7-8/h3-7,9H,1-2H2,(H2,17,18,19,20,22). The van der Waals surface area contributed by atoms with Gasteiger partial charge in [0.1, 0.15) is 17.6 Å². The fourth-order valence-corrected chi connectivity index (χ4v) is 2.27. The summed E-state index contributed by atoms with van der Waals surface area (Å²) in [6, 6.07) is 4.19. The minimum Gasteiger partial charge on any atom is -0.364 e. The van der Waals surface area contributed by atoms with Gasteiger partial charge in [-0.3, -0.25) is 4.98 Å². The zero-order valence-corrected chi connectivity index (χ0v) is 12.3. The van der Waals surface area contributed by atoms with Crippen molar-refractivity contribution in [1.82, 2.24) is 25.4 Å². The van der Waals surface area contributed by atoms with E-state index in [1.54, 1.807) is 12.4 Å². The monoisotopic (exact) mass is 312 g/mol. The highest BCUT2D eigenvalue weighted by atomic mass is 32.1. The van der Waals surface area contributed by atoms with Crippen molar-refractivity contribution in [3.8, 4) is 11.3 Å². The van der Waals surface area contributed by atoms with Crippen LogP contribution < -0.4 is 10.6 Å². The maximum atomic E-state index is 5.25. The molecule has 0 atom stereocenters. The first-order valence-electron chi connectivity index (χ1n) is 6.89. The second kappa shape index (κ2) is 5.30. The van der Waals surface area contributed by atoms with Crippen LogP contribution in [0.1, 0.15) is 12.8 Å². The Kier molecular flexibility index (Phi) is 3.15. The molecule has 0 unspecified atom stereocenters. The van der Waals surface area contributed by atoms with Crippen molar-refractivity contribution >= 4 is 34.3 Å². The molecule has 0 amide bonds. The Morgan fingerprint density at radius 1 is 1.23 bits per heavy atom. The maximum Gasteiger partial charge on any atom is 0.180 e. The third kappa shape index (κ3) is 2.73. The third-order valence-electron chi connectivity index (χ3n) is 3.29. The number of fused-ring (bicyclic) bond motifs is 1. The van der Waals surface area contributed by atoms with Crippen LogP contribution in [0.2, 0.25) is 0 Å². The second-order valence-corrected chi connectivity index (χ2v) is 5.49. The van der Waals surface area contributed by atoms with Gasteiger partial charge in [-0.1, -0.05) is 5.16 Å². The van der Waals surface area contributed by atoms with Crippen LogP contribution in [-0.2, 0) is 0 Å². The number of rotatable bonds is 3. The van der Waals surface area contributed by atoms with E-state index < -0.39 is 0 Å². The van der Waals surface area contributed by atoms with E-state index in [1.165, 1.54) is 19.1 Å². The lowest BCUT2D eigenvalue weighted by molar-refractivity contribution is 0.420. The molecular formula is C14H12N6OS. The number of hydrogen-bond acceptors (Lipinski definition) is 6. The van der Waals surface area contributed by atoms with Crippen LogP contribution in [0.4, 0.5) is 5.82 Å². The van der Waals surface area contributed by atoms with E-state index in [9.17, 15) is 0 Å². The highest BCUT2D eigenvalue weighted by Crippen LogP contribution is 2.20. The third-order valence-corrected chi connectivity index (χ3v) is 3.51. The fourth-order valence-electron chi connectivity index (χ4n) is 2.00. The quantitative estimate of drug-likeness (QED) is 0.711. The topological polar surface area (TPSA) is 88.8 Å². The number of nitrogens with one attached hydrogen (secondary N) is 2. The van der Waals surface area contributed by atoms with Crippen LogP contribution in [0.5, 0.6) is 0 Å². The summed E-state index contributed by atoms with van der Waals surface area (Å²) in [5.74, 6) is 0.641. The van der Waals surface area contributed by atoms with E-state index in [0.29, 0.717) is 33.8 Å². The summed E-state index contributed by atoms with van der Waals surface area (Å²) in [5.41, 5.74) is 2.68. The van der Waals surface area contributed by atoms with E-state index in [4.69, 9.17) is 16.7 Å². The Morgan fingerprint density at radius 2 is 2.14 bits per heavy atom. The van der Waals surface area contributed by atoms with Gasteiger partial charge in [0.15, 0.2) is 10.8 Å². The molecule has 8 heteroatoms. The summed E-state index contributed by atoms with van der Waals surface area (Å²) < 4.78 is 4.82. The second-order valence-electron chi connectivity index (χ2n) is 5.08. The number of anilines is 1. The zero-order valence-electron chi connectivity index (χ0n) is 11.5. The van der Waals surface area contributed by atoms with Gasteiger partial charge in [-0.25, -0.2) is 9.97 Å². The Labute approximate surface area is 131 Å². The first-order valence-corrected chi connectivity index (χ1v) is 7.30. The van der Waals surface area contributed by atoms with E-state index in [2.05, 4.69) is 30.7 Å². The van der Waals surface area contributed by atoms with Gasteiger partial charge in [-0.05, 0) is 37.2 Å². The minimum absolute atomic E-state index is 0.500. The van der Waals surface area contributed by atoms with Gasteiger partial charge in [0, 0.05) is 6.04 Å². The molecule has 2 N–H and O–H groups in total. The van der Waals surface area contributed by atoms with Crippen molar-refractivity contribution < 1.29 is 4.52 Å². The lowest BCUT2D eigenvalue weighted by Gasteiger charge is -2.09. The molecule has 1 aliphatic carbocycles. The van der Waals surface area contributed by atoms with Gasteiger partial charge in [0.25, 0.3) is 0 Å². The lowest BCUT2D eigenvalue weighted by atomic mass is 10.2. The number of aromatic nitrogens is 4. The van der Waals surface area contributed by atoms with Crippen molar-refractivity contribution in [2.24, 2.45) is 0 Å². The fraction of sp³-hybridized carbons (Fsp3) is 0.214. The van der Waals surface area contributed by atoms with Crippen LogP contribution in [0.15, 0.2) is 35.3 Å². The Morgan fingerprint density at radius 3 is 2.91 bits per heavy atom. The molecular weight excluding hydrogens is 300 g/mol. The van der Waals surface area contributed by atoms with Gasteiger partial charge in [-0.2, -0.15) is 0 Å². The molecule has 4 rings (SSSR count). The van der Waals surface area contributed by atoms with Crippen LogP contribution in [0.25, 0.3) is 22.4 Å². The van der Waals surface area contributed by atoms with Crippen molar-refractivity contribution in [3.05, 3.63) is 30.8 Å². The maximum absolute atomic E-state index is 5.25. The lowest BCUT2D eigenvalue weighted by Crippen LogP contribution is -2.30. The van der Waals surface area contributed by atoms with Crippen molar-refractivity contribution in [2.75, 3.05) is 5.32 Å². The van der Waals surface area contributed by atoms with Crippen LogP contribution in [0, 0.1) is 0 Å². The van der Waals surface area contributed by atoms with Crippen LogP contribution in [-0.4, -0.2) is 31.3 Å². The van der Waals surface area contributed by atoms with Gasteiger partial charge >= 0.3 is 0 Å². The molecule has 0 bridgehead atoms. The first-order chi connectivity index (χ1) is 10.8. The predicted octanol–water partition coefficient (Wildman–Crippen LogP) is 2.13. The van der Waals surface area contributed by atoms with Crippen molar-refractivity contribution in [1.29, 1.82) is 0 Å². The Balaban J connectivity index is 1.62. The summed E-state index contributed by atoms with van der Waals surface area (Å²) in [5, 5.41) is 10.5. The minimum atomic E-state index is 0.500. The van der Waals surface area contributed by atoms with Gasteiger partial charge in [0.05, 0.1) is 23.7 Å². The molecule has 0 spiro atoms. The van der Waals surface area contributed by atoms with Crippen LogP contribution >= 0.6 is 12.2 Å². The van der Waals surface area contributed by atoms with Gasteiger partial charge < -0.3 is 15.2 Å². The number of nitrogens with zero attached hydrogens (tertiary/aromatic N) is 4. The number of pyridine rings is 1.